The summed E-state index contributed by atoms with van der Waals surface area (Å²) < 4.78 is 0.988. The summed E-state index contributed by atoms with van der Waals surface area (Å²) in [5, 5.41) is 13.4. The molecular weight excluding hydrogens is 314 g/mol. The van der Waals surface area contributed by atoms with Crippen molar-refractivity contribution in [3.63, 3.8) is 0 Å². The van der Waals surface area contributed by atoms with Gasteiger partial charge in [0.2, 0.25) is 5.91 Å². The van der Waals surface area contributed by atoms with Crippen molar-refractivity contribution >= 4 is 23.1 Å². The van der Waals surface area contributed by atoms with Gasteiger partial charge in [0.05, 0.1) is 11.1 Å². The molecule has 8 nitrogen and oxygen atoms in total. The van der Waals surface area contributed by atoms with Crippen LogP contribution in [0, 0.1) is 10.1 Å². The van der Waals surface area contributed by atoms with E-state index in [1.54, 1.807) is 18.2 Å². The molecule has 0 saturated carbocycles. The van der Waals surface area contributed by atoms with E-state index >= 15 is 0 Å². The minimum absolute atomic E-state index is 0.144. The second kappa shape index (κ2) is 6.86. The maximum Gasteiger partial charge on any atom is 0.285 e. The van der Waals surface area contributed by atoms with Crippen molar-refractivity contribution in [1.29, 1.82) is 0 Å². The van der Waals surface area contributed by atoms with Gasteiger partial charge in [0.15, 0.2) is 5.78 Å². The summed E-state index contributed by atoms with van der Waals surface area (Å²) in [5.74, 6) is -0.674. The molecule has 1 N–H and O–H groups in total. The number of aromatic nitrogens is 1. The summed E-state index contributed by atoms with van der Waals surface area (Å²) in [6.07, 6.45) is 1.03. The normalized spacial score (nSPS) is 11.6. The Balaban J connectivity index is 2.26. The Hall–Kier alpha value is -3.29. The summed E-state index contributed by atoms with van der Waals surface area (Å²) in [7, 11) is 0. The highest BCUT2D eigenvalue weighted by Gasteiger charge is 2.19. The van der Waals surface area contributed by atoms with Crippen LogP contribution in [0.4, 0.5) is 11.4 Å². The van der Waals surface area contributed by atoms with E-state index in [1.807, 2.05) is 0 Å². The number of nitro groups is 1. The number of hydrogen-bond donors (Lipinski definition) is 1. The Bertz CT molecular complexity index is 872. The summed E-state index contributed by atoms with van der Waals surface area (Å²) in [6.45, 7) is 2.86. The summed E-state index contributed by atoms with van der Waals surface area (Å²) in [6, 6.07) is 7.52. The molecule has 0 fully saturated rings. The highest BCUT2D eigenvalue weighted by molar-refractivity contribution is 5.97. The Labute approximate surface area is 136 Å². The number of anilines is 1. The van der Waals surface area contributed by atoms with Crippen molar-refractivity contribution in [2.45, 2.75) is 19.9 Å². The number of Topliss-reactive ketones (excluding diaryl/α,β-unsaturated/α-hetero) is 1. The van der Waals surface area contributed by atoms with Crippen LogP contribution in [0.2, 0.25) is 0 Å². The lowest BCUT2D eigenvalue weighted by atomic mass is 10.1. The molecular formula is C16H15N3O5. The zero-order valence-electron chi connectivity index (χ0n) is 13.1. The maximum atomic E-state index is 12.3. The first-order valence-corrected chi connectivity index (χ1v) is 7.08. The van der Waals surface area contributed by atoms with Gasteiger partial charge in [-0.1, -0.05) is 12.1 Å². The first-order chi connectivity index (χ1) is 11.3. The van der Waals surface area contributed by atoms with Crippen LogP contribution in [0.5, 0.6) is 0 Å². The summed E-state index contributed by atoms with van der Waals surface area (Å²) >= 11 is 0. The van der Waals surface area contributed by atoms with Crippen LogP contribution in [0.15, 0.2) is 47.4 Å². The minimum Gasteiger partial charge on any atom is -0.324 e. The van der Waals surface area contributed by atoms with E-state index in [0.29, 0.717) is 11.3 Å². The average molecular weight is 329 g/mol. The van der Waals surface area contributed by atoms with Crippen LogP contribution < -0.4 is 10.9 Å². The third-order valence-electron chi connectivity index (χ3n) is 3.47. The lowest BCUT2D eigenvalue weighted by Gasteiger charge is -2.15. The van der Waals surface area contributed by atoms with Crippen molar-refractivity contribution in [1.82, 2.24) is 4.57 Å². The molecule has 0 unspecified atom stereocenters. The molecule has 124 valence electrons. The fraction of sp³-hybridized carbons (Fsp3) is 0.188. The number of rotatable bonds is 5. The van der Waals surface area contributed by atoms with Crippen LogP contribution in [0.1, 0.15) is 30.2 Å². The fourth-order valence-electron chi connectivity index (χ4n) is 2.09. The van der Waals surface area contributed by atoms with Gasteiger partial charge in [0, 0.05) is 23.4 Å². The van der Waals surface area contributed by atoms with Crippen LogP contribution >= 0.6 is 0 Å². The van der Waals surface area contributed by atoms with Crippen LogP contribution in [0.3, 0.4) is 0 Å². The predicted molar refractivity (Wildman–Crippen MR) is 87.1 cm³/mol. The Morgan fingerprint density at radius 1 is 1.25 bits per heavy atom. The number of nitrogens with zero attached hydrogens (tertiary/aromatic N) is 2. The number of benzene rings is 1. The van der Waals surface area contributed by atoms with Crippen LogP contribution in [0.25, 0.3) is 0 Å². The molecule has 0 aliphatic rings. The Morgan fingerprint density at radius 2 is 1.96 bits per heavy atom. The van der Waals surface area contributed by atoms with Crippen LogP contribution in [-0.4, -0.2) is 21.2 Å². The predicted octanol–water partition coefficient (Wildman–Crippen LogP) is 2.16. The molecule has 0 spiro atoms. The first-order valence-electron chi connectivity index (χ1n) is 7.08. The van der Waals surface area contributed by atoms with Crippen LogP contribution in [-0.2, 0) is 4.79 Å². The summed E-state index contributed by atoms with van der Waals surface area (Å²) in [4.78, 5) is 45.7. The number of pyridine rings is 1. The van der Waals surface area contributed by atoms with Crippen molar-refractivity contribution in [2.24, 2.45) is 0 Å². The molecule has 1 amide bonds. The van der Waals surface area contributed by atoms with Gasteiger partial charge in [0.1, 0.15) is 6.04 Å². The van der Waals surface area contributed by atoms with Gasteiger partial charge in [-0.25, -0.2) is 0 Å². The molecule has 8 heteroatoms. The SMILES string of the molecule is CC(=O)c1cccc(NC(=O)[C@@H](C)n2cc([N+](=O)[O-])ccc2=O)c1. The molecule has 1 aromatic carbocycles. The smallest absolute Gasteiger partial charge is 0.285 e. The van der Waals surface area contributed by atoms with E-state index in [-0.39, 0.29) is 11.5 Å². The standard InChI is InChI=1S/C16H15N3O5/c1-10(18-9-14(19(23)24)6-7-15(18)21)16(22)17-13-5-3-4-12(8-13)11(2)20/h3-10H,1-2H3,(H,17,22)/t10-/m1/s1. The molecule has 1 aromatic heterocycles. The van der Waals surface area contributed by atoms with Gasteiger partial charge < -0.3 is 5.32 Å². The number of ketones is 1. The molecule has 1 atom stereocenters. The van der Waals surface area contributed by atoms with Crippen molar-refractivity contribution in [3.05, 3.63) is 68.6 Å². The fourth-order valence-corrected chi connectivity index (χ4v) is 2.09. The molecule has 0 bridgehead atoms. The topological polar surface area (TPSA) is 111 Å². The van der Waals surface area contributed by atoms with Crippen molar-refractivity contribution < 1.29 is 14.5 Å². The van der Waals surface area contributed by atoms with Gasteiger partial charge in [0.25, 0.3) is 11.2 Å². The highest BCUT2D eigenvalue weighted by Crippen LogP contribution is 2.15. The third-order valence-corrected chi connectivity index (χ3v) is 3.47. The lowest BCUT2D eigenvalue weighted by molar-refractivity contribution is -0.385. The molecule has 0 aliphatic heterocycles. The number of amides is 1. The third kappa shape index (κ3) is 3.72. The van der Waals surface area contributed by atoms with Gasteiger partial charge >= 0.3 is 0 Å². The van der Waals surface area contributed by atoms with E-state index in [2.05, 4.69) is 5.32 Å². The molecule has 0 saturated heterocycles. The monoisotopic (exact) mass is 329 g/mol. The molecule has 1 heterocycles. The van der Waals surface area contributed by atoms with Gasteiger partial charge in [-0.15, -0.1) is 0 Å². The van der Waals surface area contributed by atoms with E-state index in [4.69, 9.17) is 0 Å². The van der Waals surface area contributed by atoms with E-state index in [1.165, 1.54) is 19.9 Å². The first kappa shape index (κ1) is 17.1. The molecule has 0 aliphatic carbocycles. The average Bonchev–Trinajstić information content (AvgIpc) is 2.54. The van der Waals surface area contributed by atoms with Gasteiger partial charge in [-0.05, 0) is 26.0 Å². The minimum atomic E-state index is -0.960. The van der Waals surface area contributed by atoms with Gasteiger partial charge in [-0.3, -0.25) is 29.1 Å². The number of hydrogen-bond acceptors (Lipinski definition) is 5. The quantitative estimate of drug-likeness (QED) is 0.513. The van der Waals surface area contributed by atoms with E-state index in [9.17, 15) is 24.5 Å². The Morgan fingerprint density at radius 3 is 2.58 bits per heavy atom. The zero-order chi connectivity index (χ0) is 17.9. The molecule has 2 rings (SSSR count). The molecule has 2 aromatic rings. The highest BCUT2D eigenvalue weighted by atomic mass is 16.6. The molecule has 24 heavy (non-hydrogen) atoms. The Kier molecular flexibility index (Phi) is 4.88. The number of carbonyl (C=O) groups is 2. The number of carbonyl (C=O) groups excluding carboxylic acids is 2. The zero-order valence-corrected chi connectivity index (χ0v) is 13.1. The maximum absolute atomic E-state index is 12.3. The number of nitrogens with one attached hydrogen (secondary N) is 1. The second-order valence-electron chi connectivity index (χ2n) is 5.19. The van der Waals surface area contributed by atoms with E-state index < -0.39 is 22.4 Å². The van der Waals surface area contributed by atoms with Crippen molar-refractivity contribution in [2.75, 3.05) is 5.32 Å². The van der Waals surface area contributed by atoms with Gasteiger partial charge in [-0.2, -0.15) is 0 Å². The summed E-state index contributed by atoms with van der Waals surface area (Å²) in [5.41, 5.74) is 0.0274. The lowest BCUT2D eigenvalue weighted by Crippen LogP contribution is -2.31. The van der Waals surface area contributed by atoms with Crippen molar-refractivity contribution in [3.8, 4) is 0 Å². The van der Waals surface area contributed by atoms with E-state index in [0.717, 1.165) is 22.9 Å². The second-order valence-corrected chi connectivity index (χ2v) is 5.19. The largest absolute Gasteiger partial charge is 0.324 e. The molecule has 0 radical (unpaired) electrons.